The minimum absolute atomic E-state index is 0.160. The highest BCUT2D eigenvalue weighted by atomic mass is 16.5. The van der Waals surface area contributed by atoms with Gasteiger partial charge in [-0.25, -0.2) is 4.79 Å². The number of anilines is 3. The molecule has 4 rings (SSSR count). The zero-order valence-corrected chi connectivity index (χ0v) is 25.0. The third kappa shape index (κ3) is 7.67. The lowest BCUT2D eigenvalue weighted by molar-refractivity contribution is 0.0944. The van der Waals surface area contributed by atoms with E-state index in [2.05, 4.69) is 84.9 Å². The zero-order valence-electron chi connectivity index (χ0n) is 25.0. The molecule has 218 valence electrons. The van der Waals surface area contributed by atoms with Gasteiger partial charge in [0.1, 0.15) is 0 Å². The van der Waals surface area contributed by atoms with Crippen molar-refractivity contribution in [1.29, 1.82) is 0 Å². The van der Waals surface area contributed by atoms with Crippen LogP contribution in [0.4, 0.5) is 21.9 Å². The maximum absolute atomic E-state index is 13.4. The molecule has 3 N–H and O–H groups in total. The molecule has 0 aliphatic carbocycles. The topological polar surface area (TPSA) is 82.7 Å². The van der Waals surface area contributed by atoms with Crippen LogP contribution < -0.4 is 20.9 Å². The van der Waals surface area contributed by atoms with Crippen LogP contribution in [0.25, 0.3) is 0 Å². The molecule has 3 aromatic carbocycles. The van der Waals surface area contributed by atoms with E-state index < -0.39 is 0 Å². The van der Waals surface area contributed by atoms with Gasteiger partial charge in [-0.2, -0.15) is 0 Å². The van der Waals surface area contributed by atoms with Crippen molar-refractivity contribution in [3.05, 3.63) is 88.5 Å². The molecular formula is C34H44N4O3. The van der Waals surface area contributed by atoms with E-state index in [0.29, 0.717) is 31.0 Å². The highest BCUT2D eigenvalue weighted by molar-refractivity contribution is 6.04. The van der Waals surface area contributed by atoms with Gasteiger partial charge in [0.15, 0.2) is 0 Å². The lowest BCUT2D eigenvalue weighted by atomic mass is 9.93. The molecule has 0 fully saturated rings. The summed E-state index contributed by atoms with van der Waals surface area (Å²) in [5, 5.41) is 9.13. The van der Waals surface area contributed by atoms with Crippen molar-refractivity contribution in [3.63, 3.8) is 0 Å². The van der Waals surface area contributed by atoms with Crippen LogP contribution in [0.1, 0.15) is 85.5 Å². The number of para-hydroxylation sites is 1. The molecule has 41 heavy (non-hydrogen) atoms. The minimum atomic E-state index is -0.331. The van der Waals surface area contributed by atoms with Crippen LogP contribution >= 0.6 is 0 Å². The van der Waals surface area contributed by atoms with Gasteiger partial charge in [-0.3, -0.25) is 4.79 Å². The Labute approximate surface area is 244 Å². The number of benzene rings is 3. The number of fused-ring (bicyclic) bond motifs is 1. The Morgan fingerprint density at radius 1 is 0.902 bits per heavy atom. The van der Waals surface area contributed by atoms with Crippen LogP contribution in [0.5, 0.6) is 0 Å². The van der Waals surface area contributed by atoms with Crippen molar-refractivity contribution in [2.45, 2.75) is 65.8 Å². The molecule has 0 saturated heterocycles. The van der Waals surface area contributed by atoms with Crippen LogP contribution in [0, 0.1) is 0 Å². The standard InChI is InChI=1S/C34H44N4O3/c1-6-41-20-10-18-35-33(39)30-21-27(15-16-31(30)38-19-17-25-11-7-8-12-26(25)22-38)36-34(40)37-32-28(23(2)3)13-9-14-29(32)24(4)5/h7-9,11-16,21,23-24H,6,10,17-20,22H2,1-5H3,(H,35,39)(H2,36,37,40). The summed E-state index contributed by atoms with van der Waals surface area (Å²) in [6, 6.07) is 19.9. The second-order valence-electron chi connectivity index (χ2n) is 11.2. The third-order valence-corrected chi connectivity index (χ3v) is 7.54. The third-order valence-electron chi connectivity index (χ3n) is 7.54. The van der Waals surface area contributed by atoms with Gasteiger partial charge in [0.2, 0.25) is 0 Å². The molecule has 0 aromatic heterocycles. The summed E-state index contributed by atoms with van der Waals surface area (Å²) in [6.45, 7) is 13.8. The van der Waals surface area contributed by atoms with Crippen molar-refractivity contribution in [2.75, 3.05) is 41.8 Å². The maximum atomic E-state index is 13.4. The number of carbonyl (C=O) groups excluding carboxylic acids is 2. The Morgan fingerprint density at radius 2 is 1.61 bits per heavy atom. The molecule has 3 amide bonds. The van der Waals surface area contributed by atoms with Crippen LogP contribution in [0.15, 0.2) is 60.7 Å². The number of nitrogens with one attached hydrogen (secondary N) is 3. The zero-order chi connectivity index (χ0) is 29.4. The van der Waals surface area contributed by atoms with Gasteiger partial charge in [0.05, 0.1) is 5.56 Å². The van der Waals surface area contributed by atoms with Gasteiger partial charge in [-0.1, -0.05) is 70.2 Å². The van der Waals surface area contributed by atoms with Gasteiger partial charge in [0, 0.05) is 49.9 Å². The van der Waals surface area contributed by atoms with Gasteiger partial charge < -0.3 is 25.6 Å². The van der Waals surface area contributed by atoms with Crippen molar-refractivity contribution in [2.24, 2.45) is 0 Å². The Kier molecular flexibility index (Phi) is 10.4. The summed E-state index contributed by atoms with van der Waals surface area (Å²) in [6.07, 6.45) is 1.65. The quantitative estimate of drug-likeness (QED) is 0.217. The molecule has 0 radical (unpaired) electrons. The molecule has 0 unspecified atom stereocenters. The van der Waals surface area contributed by atoms with Gasteiger partial charge in [-0.15, -0.1) is 0 Å². The molecule has 7 nitrogen and oxygen atoms in total. The molecule has 0 spiro atoms. The number of urea groups is 1. The molecule has 0 bridgehead atoms. The lowest BCUT2D eigenvalue weighted by Gasteiger charge is -2.32. The average Bonchev–Trinajstić information content (AvgIpc) is 2.96. The van der Waals surface area contributed by atoms with Crippen molar-refractivity contribution >= 4 is 29.0 Å². The number of hydrogen-bond acceptors (Lipinski definition) is 4. The van der Waals surface area contributed by atoms with Crippen LogP contribution in [-0.2, 0) is 17.7 Å². The monoisotopic (exact) mass is 556 g/mol. The fraction of sp³-hybridized carbons (Fsp3) is 0.412. The molecular weight excluding hydrogens is 512 g/mol. The van der Waals surface area contributed by atoms with E-state index in [-0.39, 0.29) is 23.8 Å². The normalized spacial score (nSPS) is 12.8. The summed E-state index contributed by atoms with van der Waals surface area (Å²) < 4.78 is 5.42. The predicted octanol–water partition coefficient (Wildman–Crippen LogP) is 7.30. The van der Waals surface area contributed by atoms with E-state index >= 15 is 0 Å². The highest BCUT2D eigenvalue weighted by Crippen LogP contribution is 2.33. The molecule has 1 aliphatic rings. The number of carbonyl (C=O) groups is 2. The number of amides is 3. The molecule has 3 aromatic rings. The second-order valence-corrected chi connectivity index (χ2v) is 11.2. The first-order chi connectivity index (χ1) is 19.8. The van der Waals surface area contributed by atoms with E-state index in [4.69, 9.17) is 4.74 Å². The van der Waals surface area contributed by atoms with E-state index in [1.54, 1.807) is 6.07 Å². The number of rotatable bonds is 11. The van der Waals surface area contributed by atoms with Crippen LogP contribution in [-0.4, -0.2) is 38.2 Å². The Balaban J connectivity index is 1.57. The van der Waals surface area contributed by atoms with Crippen LogP contribution in [0.3, 0.4) is 0 Å². The van der Waals surface area contributed by atoms with Gasteiger partial charge in [0.25, 0.3) is 5.91 Å². The Bertz CT molecular complexity index is 1330. The SMILES string of the molecule is CCOCCCNC(=O)c1cc(NC(=O)Nc2c(C(C)C)cccc2C(C)C)ccc1N1CCc2ccccc2C1. The summed E-state index contributed by atoms with van der Waals surface area (Å²) in [5.74, 6) is 0.360. The van der Waals surface area contributed by atoms with Crippen molar-refractivity contribution in [3.8, 4) is 0 Å². The first-order valence-electron chi connectivity index (χ1n) is 14.8. The van der Waals surface area contributed by atoms with E-state index in [9.17, 15) is 9.59 Å². The maximum Gasteiger partial charge on any atom is 0.323 e. The first-order valence-corrected chi connectivity index (χ1v) is 14.8. The summed E-state index contributed by atoms with van der Waals surface area (Å²) in [7, 11) is 0. The van der Waals surface area contributed by atoms with Gasteiger partial charge in [-0.05, 0) is 72.1 Å². The second kappa shape index (κ2) is 14.2. The number of hydrogen-bond donors (Lipinski definition) is 3. The highest BCUT2D eigenvalue weighted by Gasteiger charge is 2.22. The molecule has 0 saturated carbocycles. The molecule has 1 heterocycles. The average molecular weight is 557 g/mol. The van der Waals surface area contributed by atoms with E-state index in [1.807, 2.05) is 25.1 Å². The number of nitrogens with zero attached hydrogens (tertiary/aromatic N) is 1. The smallest absolute Gasteiger partial charge is 0.323 e. The largest absolute Gasteiger partial charge is 0.382 e. The summed E-state index contributed by atoms with van der Waals surface area (Å²) in [4.78, 5) is 29.0. The Morgan fingerprint density at radius 3 is 2.29 bits per heavy atom. The van der Waals surface area contributed by atoms with Gasteiger partial charge >= 0.3 is 6.03 Å². The van der Waals surface area contributed by atoms with Crippen molar-refractivity contribution in [1.82, 2.24) is 5.32 Å². The minimum Gasteiger partial charge on any atom is -0.382 e. The summed E-state index contributed by atoms with van der Waals surface area (Å²) >= 11 is 0. The van der Waals surface area contributed by atoms with Crippen LogP contribution in [0.2, 0.25) is 0 Å². The number of ether oxygens (including phenoxy) is 1. The molecule has 0 atom stereocenters. The molecule has 7 heteroatoms. The summed E-state index contributed by atoms with van der Waals surface area (Å²) in [5.41, 5.74) is 7.64. The van der Waals surface area contributed by atoms with E-state index in [1.165, 1.54) is 11.1 Å². The predicted molar refractivity (Wildman–Crippen MR) is 168 cm³/mol. The Hall–Kier alpha value is -3.84. The first kappa shape index (κ1) is 30.1. The fourth-order valence-corrected chi connectivity index (χ4v) is 5.36. The lowest BCUT2D eigenvalue weighted by Crippen LogP contribution is -2.33. The molecule has 1 aliphatic heterocycles. The van der Waals surface area contributed by atoms with Crippen molar-refractivity contribution < 1.29 is 14.3 Å². The van der Waals surface area contributed by atoms with E-state index in [0.717, 1.165) is 48.4 Å². The fourth-order valence-electron chi connectivity index (χ4n) is 5.36.